The van der Waals surface area contributed by atoms with E-state index in [2.05, 4.69) is 11.4 Å². The smallest absolute Gasteiger partial charge is 0.274 e. The number of benzene rings is 3. The summed E-state index contributed by atoms with van der Waals surface area (Å²) < 4.78 is 5.26. The van der Waals surface area contributed by atoms with E-state index in [4.69, 9.17) is 9.72 Å². The van der Waals surface area contributed by atoms with E-state index >= 15 is 0 Å². The molecule has 0 aliphatic carbocycles. The van der Waals surface area contributed by atoms with E-state index in [-0.39, 0.29) is 11.6 Å². The second-order valence-electron chi connectivity index (χ2n) is 8.45. The van der Waals surface area contributed by atoms with Crippen molar-refractivity contribution in [3.63, 3.8) is 0 Å². The van der Waals surface area contributed by atoms with Gasteiger partial charge in [0.2, 0.25) is 5.91 Å². The van der Waals surface area contributed by atoms with Gasteiger partial charge in [0.1, 0.15) is 16.8 Å². The van der Waals surface area contributed by atoms with E-state index < -0.39 is 10.2 Å². The number of nitrogens with one attached hydrogen (secondary N) is 1. The summed E-state index contributed by atoms with van der Waals surface area (Å²) in [5.74, 6) is 0.344. The molecular weight excluding hydrogens is 500 g/mol. The van der Waals surface area contributed by atoms with Crippen LogP contribution in [-0.4, -0.2) is 28.2 Å². The van der Waals surface area contributed by atoms with Gasteiger partial charge in [-0.1, -0.05) is 48.2 Å². The maximum atomic E-state index is 13.0. The van der Waals surface area contributed by atoms with Crippen molar-refractivity contribution in [3.8, 4) is 34.2 Å². The number of amides is 1. The third kappa shape index (κ3) is 5.82. The third-order valence-electron chi connectivity index (χ3n) is 5.90. The Morgan fingerprint density at radius 2 is 1.79 bits per heavy atom. The van der Waals surface area contributed by atoms with Gasteiger partial charge in [0.05, 0.1) is 28.5 Å². The summed E-state index contributed by atoms with van der Waals surface area (Å²) >= 11 is 1.16. The maximum Gasteiger partial charge on any atom is 0.274 e. The topological polar surface area (TPSA) is 118 Å². The van der Waals surface area contributed by atoms with Crippen LogP contribution in [0.5, 0.6) is 5.75 Å². The van der Waals surface area contributed by atoms with E-state index in [1.807, 2.05) is 60.7 Å². The van der Waals surface area contributed by atoms with Crippen LogP contribution in [0.2, 0.25) is 0 Å². The Hall–Kier alpha value is -4.68. The molecule has 8 nitrogen and oxygen atoms in total. The molecule has 1 heterocycles. The number of thioether (sulfide) groups is 1. The zero-order chi connectivity index (χ0) is 27.2. The average Bonchev–Trinajstić information content (AvgIpc) is 2.94. The lowest BCUT2D eigenvalue weighted by molar-refractivity contribution is -0.385. The molecule has 4 rings (SSSR count). The molecule has 9 heteroatoms. The first kappa shape index (κ1) is 26.4. The largest absolute Gasteiger partial charge is 0.497 e. The van der Waals surface area contributed by atoms with Crippen molar-refractivity contribution in [1.82, 2.24) is 4.98 Å². The van der Waals surface area contributed by atoms with Gasteiger partial charge in [0.25, 0.3) is 5.69 Å². The molecule has 0 aliphatic rings. The van der Waals surface area contributed by atoms with Crippen LogP contribution in [-0.2, 0) is 4.79 Å². The summed E-state index contributed by atoms with van der Waals surface area (Å²) in [4.78, 5) is 28.6. The predicted molar refractivity (Wildman–Crippen MR) is 148 cm³/mol. The number of aryl methyl sites for hydroxylation is 1. The van der Waals surface area contributed by atoms with Crippen molar-refractivity contribution >= 4 is 29.0 Å². The minimum atomic E-state index is -0.648. The summed E-state index contributed by atoms with van der Waals surface area (Å²) in [7, 11) is 1.60. The number of carbonyl (C=O) groups excluding carboxylic acids is 1. The Bertz CT molecular complexity index is 1530. The highest BCUT2D eigenvalue weighted by molar-refractivity contribution is 8.00. The lowest BCUT2D eigenvalue weighted by Crippen LogP contribution is -2.22. The number of carbonyl (C=O) groups is 1. The number of hydrogen-bond acceptors (Lipinski definition) is 7. The van der Waals surface area contributed by atoms with Gasteiger partial charge in [-0.3, -0.25) is 14.9 Å². The van der Waals surface area contributed by atoms with Crippen molar-refractivity contribution in [2.24, 2.45) is 0 Å². The summed E-state index contributed by atoms with van der Waals surface area (Å²) in [6, 6.07) is 25.7. The molecule has 1 aromatic heterocycles. The maximum absolute atomic E-state index is 13.0. The number of aromatic nitrogens is 1. The Labute approximate surface area is 224 Å². The number of ether oxygens (including phenoxy) is 1. The Morgan fingerprint density at radius 1 is 1.08 bits per heavy atom. The normalized spacial score (nSPS) is 11.3. The number of rotatable bonds is 8. The molecule has 190 valence electrons. The van der Waals surface area contributed by atoms with Crippen LogP contribution in [0.4, 0.5) is 11.4 Å². The third-order valence-corrected chi connectivity index (χ3v) is 6.99. The minimum absolute atomic E-state index is 0.0729. The number of nitrogens with zero attached hydrogens (tertiary/aromatic N) is 3. The van der Waals surface area contributed by atoms with Gasteiger partial charge in [-0.25, -0.2) is 4.98 Å². The van der Waals surface area contributed by atoms with Crippen molar-refractivity contribution in [3.05, 3.63) is 100 Å². The molecule has 0 aliphatic heterocycles. The van der Waals surface area contributed by atoms with Crippen LogP contribution >= 0.6 is 11.8 Å². The summed E-state index contributed by atoms with van der Waals surface area (Å²) in [5.41, 5.74) is 4.16. The quantitative estimate of drug-likeness (QED) is 0.156. The average molecular weight is 525 g/mol. The fourth-order valence-electron chi connectivity index (χ4n) is 3.82. The fraction of sp³-hybridized carbons (Fsp3) is 0.138. The van der Waals surface area contributed by atoms with E-state index in [0.29, 0.717) is 38.8 Å². The number of nitro groups is 1. The first-order valence-electron chi connectivity index (χ1n) is 11.7. The number of methoxy groups -OCH3 is 1. The molecule has 1 atom stereocenters. The first-order chi connectivity index (χ1) is 18.3. The Balaban J connectivity index is 1.70. The van der Waals surface area contributed by atoms with Gasteiger partial charge in [-0.15, -0.1) is 0 Å². The molecular formula is C29H24N4O4S. The van der Waals surface area contributed by atoms with Crippen molar-refractivity contribution in [2.45, 2.75) is 24.1 Å². The molecule has 4 aromatic rings. The van der Waals surface area contributed by atoms with E-state index in [1.165, 1.54) is 6.07 Å². The summed E-state index contributed by atoms with van der Waals surface area (Å²) in [6.45, 7) is 3.34. The number of hydrogen-bond donors (Lipinski definition) is 1. The zero-order valence-corrected chi connectivity index (χ0v) is 21.8. The van der Waals surface area contributed by atoms with Gasteiger partial charge < -0.3 is 10.1 Å². The summed E-state index contributed by atoms with van der Waals surface area (Å²) in [6.07, 6.45) is 0. The number of pyridine rings is 1. The standard InChI is InChI=1S/C29H24N4O4S/c1-18-9-12-22(15-27(18)33(35)36)31-28(34)19(2)38-29-25(17-30)24(20-7-5-4-6-8-20)16-26(32-29)21-10-13-23(37-3)14-11-21/h4-16,19H,1-3H3,(H,31,34)/t19-/m0/s1. The van der Waals surface area contributed by atoms with Crippen LogP contribution < -0.4 is 10.1 Å². The molecule has 0 saturated carbocycles. The van der Waals surface area contributed by atoms with Crippen molar-refractivity contribution in [2.75, 3.05) is 12.4 Å². The SMILES string of the molecule is COc1ccc(-c2cc(-c3ccccc3)c(C#N)c(S[C@@H](C)C(=O)Nc3ccc(C)c([N+](=O)[O-])c3)n2)cc1. The van der Waals surface area contributed by atoms with Crippen LogP contribution in [0, 0.1) is 28.4 Å². The van der Waals surface area contributed by atoms with E-state index in [9.17, 15) is 20.2 Å². The van der Waals surface area contributed by atoms with Gasteiger partial charge in [0, 0.05) is 28.4 Å². The van der Waals surface area contributed by atoms with Gasteiger partial charge in [0.15, 0.2) is 0 Å². The molecule has 0 radical (unpaired) electrons. The zero-order valence-electron chi connectivity index (χ0n) is 21.0. The highest BCUT2D eigenvalue weighted by Gasteiger charge is 2.22. The van der Waals surface area contributed by atoms with Gasteiger partial charge >= 0.3 is 0 Å². The predicted octanol–water partition coefficient (Wildman–Crippen LogP) is 6.63. The number of nitro benzene ring substituents is 1. The first-order valence-corrected chi connectivity index (χ1v) is 12.6. The molecule has 1 N–H and O–H groups in total. The van der Waals surface area contributed by atoms with Crippen LogP contribution in [0.15, 0.2) is 83.9 Å². The Morgan fingerprint density at radius 3 is 2.42 bits per heavy atom. The minimum Gasteiger partial charge on any atom is -0.497 e. The number of nitriles is 1. The monoisotopic (exact) mass is 524 g/mol. The highest BCUT2D eigenvalue weighted by Crippen LogP contribution is 2.36. The Kier molecular flexibility index (Phi) is 8.04. The molecule has 0 unspecified atom stereocenters. The second-order valence-corrected chi connectivity index (χ2v) is 9.78. The number of anilines is 1. The van der Waals surface area contributed by atoms with E-state index in [0.717, 1.165) is 22.9 Å². The second kappa shape index (κ2) is 11.6. The van der Waals surface area contributed by atoms with Crippen molar-refractivity contribution < 1.29 is 14.5 Å². The van der Waals surface area contributed by atoms with Gasteiger partial charge in [-0.2, -0.15) is 5.26 Å². The molecule has 1 amide bonds. The highest BCUT2D eigenvalue weighted by atomic mass is 32.2. The molecule has 0 fully saturated rings. The molecule has 0 spiro atoms. The molecule has 0 saturated heterocycles. The van der Waals surface area contributed by atoms with Crippen LogP contribution in [0.3, 0.4) is 0 Å². The van der Waals surface area contributed by atoms with Crippen molar-refractivity contribution in [1.29, 1.82) is 5.26 Å². The lowest BCUT2D eigenvalue weighted by atomic mass is 9.99. The fourth-order valence-corrected chi connectivity index (χ4v) is 4.74. The molecule has 3 aromatic carbocycles. The van der Waals surface area contributed by atoms with Crippen LogP contribution in [0.1, 0.15) is 18.1 Å². The lowest BCUT2D eigenvalue weighted by Gasteiger charge is -2.16. The molecule has 38 heavy (non-hydrogen) atoms. The van der Waals surface area contributed by atoms with Gasteiger partial charge in [-0.05, 0) is 55.8 Å². The molecule has 0 bridgehead atoms. The van der Waals surface area contributed by atoms with E-state index in [1.54, 1.807) is 33.1 Å². The van der Waals surface area contributed by atoms with Crippen LogP contribution in [0.25, 0.3) is 22.4 Å². The summed E-state index contributed by atoms with van der Waals surface area (Å²) in [5, 5.41) is 23.9.